The molecule has 4 heteroatoms. The van der Waals surface area contributed by atoms with Crippen molar-refractivity contribution in [2.24, 2.45) is 0 Å². The number of hydrogen-bond acceptors (Lipinski definition) is 3. The summed E-state index contributed by atoms with van der Waals surface area (Å²) in [7, 11) is 1.69. The Balaban J connectivity index is 2.21. The van der Waals surface area contributed by atoms with Gasteiger partial charge in [-0.2, -0.15) is 0 Å². The summed E-state index contributed by atoms with van der Waals surface area (Å²) in [4.78, 5) is 4.48. The highest BCUT2D eigenvalue weighted by atomic mass is 35.5. The third-order valence-corrected chi connectivity index (χ3v) is 3.87. The van der Waals surface area contributed by atoms with Crippen LogP contribution < -0.4 is 10.1 Å². The largest absolute Gasteiger partial charge is 0.496 e. The van der Waals surface area contributed by atoms with Crippen molar-refractivity contribution in [3.8, 4) is 5.75 Å². The van der Waals surface area contributed by atoms with Gasteiger partial charge >= 0.3 is 0 Å². The van der Waals surface area contributed by atoms with Crippen molar-refractivity contribution < 1.29 is 4.74 Å². The van der Waals surface area contributed by atoms with Crippen LogP contribution >= 0.6 is 11.6 Å². The first-order valence-electron chi connectivity index (χ1n) is 6.52. The van der Waals surface area contributed by atoms with Crippen molar-refractivity contribution in [2.45, 2.75) is 27.3 Å². The normalized spacial score (nSPS) is 10.4. The smallest absolute Gasteiger partial charge is 0.128 e. The standard InChI is InChI=1S/C16H19ClN2O/c1-10-8-18-15(12(3)16(10)20-4)9-19-14-7-5-6-13(17)11(14)2/h5-8,19H,9H2,1-4H3. The second-order valence-corrected chi connectivity index (χ2v) is 5.22. The van der Waals surface area contributed by atoms with Crippen LogP contribution in [-0.2, 0) is 6.54 Å². The summed E-state index contributed by atoms with van der Waals surface area (Å²) < 4.78 is 5.42. The Kier molecular flexibility index (Phi) is 4.50. The van der Waals surface area contributed by atoms with Gasteiger partial charge in [-0.3, -0.25) is 4.98 Å². The summed E-state index contributed by atoms with van der Waals surface area (Å²) in [6.07, 6.45) is 1.84. The van der Waals surface area contributed by atoms with Crippen molar-refractivity contribution in [3.63, 3.8) is 0 Å². The number of methoxy groups -OCH3 is 1. The first kappa shape index (κ1) is 14.7. The molecule has 0 unspecified atom stereocenters. The van der Waals surface area contributed by atoms with E-state index in [9.17, 15) is 0 Å². The number of aromatic nitrogens is 1. The van der Waals surface area contributed by atoms with Crippen molar-refractivity contribution in [1.82, 2.24) is 4.98 Å². The van der Waals surface area contributed by atoms with Gasteiger partial charge < -0.3 is 10.1 Å². The fourth-order valence-electron chi connectivity index (χ4n) is 2.23. The SMILES string of the molecule is COc1c(C)cnc(CNc2cccc(Cl)c2C)c1C. The van der Waals surface area contributed by atoms with Gasteiger partial charge in [0, 0.05) is 28.0 Å². The van der Waals surface area contributed by atoms with Gasteiger partial charge in [-0.05, 0) is 38.5 Å². The van der Waals surface area contributed by atoms with E-state index in [1.54, 1.807) is 7.11 Å². The van der Waals surface area contributed by atoms with Gasteiger partial charge in [-0.1, -0.05) is 17.7 Å². The number of anilines is 1. The summed E-state index contributed by atoms with van der Waals surface area (Å²) in [5, 5.41) is 4.14. The maximum Gasteiger partial charge on any atom is 0.128 e. The van der Waals surface area contributed by atoms with E-state index in [4.69, 9.17) is 16.3 Å². The average molecular weight is 291 g/mol. The van der Waals surface area contributed by atoms with E-state index >= 15 is 0 Å². The molecule has 1 N–H and O–H groups in total. The number of benzene rings is 1. The molecule has 1 aromatic carbocycles. The van der Waals surface area contributed by atoms with E-state index in [1.807, 2.05) is 45.2 Å². The number of hydrogen-bond donors (Lipinski definition) is 1. The number of aryl methyl sites for hydroxylation is 1. The molecule has 0 aliphatic rings. The molecule has 0 fully saturated rings. The Morgan fingerprint density at radius 2 is 1.95 bits per heavy atom. The number of pyridine rings is 1. The number of nitrogens with one attached hydrogen (secondary N) is 1. The topological polar surface area (TPSA) is 34.1 Å². The molecule has 1 aromatic heterocycles. The highest BCUT2D eigenvalue weighted by Crippen LogP contribution is 2.26. The summed E-state index contributed by atoms with van der Waals surface area (Å²) in [6, 6.07) is 5.84. The lowest BCUT2D eigenvalue weighted by Crippen LogP contribution is -2.07. The van der Waals surface area contributed by atoms with Crippen LogP contribution in [-0.4, -0.2) is 12.1 Å². The lowest BCUT2D eigenvalue weighted by molar-refractivity contribution is 0.407. The minimum atomic E-state index is 0.643. The number of nitrogens with zero attached hydrogens (tertiary/aromatic N) is 1. The molecule has 0 saturated carbocycles. The molecule has 2 rings (SSSR count). The van der Waals surface area contributed by atoms with Crippen molar-refractivity contribution in [3.05, 3.63) is 51.8 Å². The van der Waals surface area contributed by atoms with Crippen LogP contribution in [0, 0.1) is 20.8 Å². The molecular formula is C16H19ClN2O. The lowest BCUT2D eigenvalue weighted by atomic mass is 10.1. The van der Waals surface area contributed by atoms with Crippen LogP contribution in [0.3, 0.4) is 0 Å². The minimum absolute atomic E-state index is 0.643. The summed E-state index contributed by atoms with van der Waals surface area (Å²) >= 11 is 6.12. The molecular weight excluding hydrogens is 272 g/mol. The van der Waals surface area contributed by atoms with Crippen LogP contribution in [0.15, 0.2) is 24.4 Å². The molecule has 1 heterocycles. The van der Waals surface area contributed by atoms with Crippen molar-refractivity contribution in [2.75, 3.05) is 12.4 Å². The average Bonchev–Trinajstić information content (AvgIpc) is 2.43. The van der Waals surface area contributed by atoms with Gasteiger partial charge in [-0.25, -0.2) is 0 Å². The third-order valence-electron chi connectivity index (χ3n) is 3.46. The van der Waals surface area contributed by atoms with Gasteiger partial charge in [0.05, 0.1) is 19.3 Å². The maximum atomic E-state index is 6.12. The van der Waals surface area contributed by atoms with Crippen molar-refractivity contribution >= 4 is 17.3 Å². The lowest BCUT2D eigenvalue weighted by Gasteiger charge is -2.14. The highest BCUT2D eigenvalue weighted by molar-refractivity contribution is 6.31. The molecule has 0 aliphatic heterocycles. The molecule has 0 amide bonds. The quantitative estimate of drug-likeness (QED) is 0.912. The summed E-state index contributed by atoms with van der Waals surface area (Å²) in [5.74, 6) is 0.902. The van der Waals surface area contributed by atoms with Crippen LogP contribution in [0.5, 0.6) is 5.75 Å². The van der Waals surface area contributed by atoms with E-state index in [0.717, 1.165) is 38.8 Å². The van der Waals surface area contributed by atoms with E-state index < -0.39 is 0 Å². The van der Waals surface area contributed by atoms with E-state index in [2.05, 4.69) is 10.3 Å². The van der Waals surface area contributed by atoms with Gasteiger partial charge in [0.2, 0.25) is 0 Å². The zero-order valence-electron chi connectivity index (χ0n) is 12.2. The van der Waals surface area contributed by atoms with E-state index in [-0.39, 0.29) is 0 Å². The molecule has 2 aromatic rings. The van der Waals surface area contributed by atoms with Crippen LogP contribution in [0.1, 0.15) is 22.4 Å². The fraction of sp³-hybridized carbons (Fsp3) is 0.312. The molecule has 0 radical (unpaired) electrons. The van der Waals surface area contributed by atoms with Crippen LogP contribution in [0.25, 0.3) is 0 Å². The predicted octanol–water partition coefficient (Wildman–Crippen LogP) is 4.28. The number of halogens is 1. The van der Waals surface area contributed by atoms with Gasteiger partial charge in [0.1, 0.15) is 5.75 Å². The molecule has 20 heavy (non-hydrogen) atoms. The Morgan fingerprint density at radius 1 is 1.20 bits per heavy atom. The molecule has 0 spiro atoms. The zero-order valence-corrected chi connectivity index (χ0v) is 13.0. The zero-order chi connectivity index (χ0) is 14.7. The first-order valence-corrected chi connectivity index (χ1v) is 6.90. The maximum absolute atomic E-state index is 6.12. The Hall–Kier alpha value is -1.74. The number of rotatable bonds is 4. The van der Waals surface area contributed by atoms with E-state index in [0.29, 0.717) is 6.54 Å². The second kappa shape index (κ2) is 6.14. The Bertz CT molecular complexity index is 626. The second-order valence-electron chi connectivity index (χ2n) is 4.81. The predicted molar refractivity (Wildman–Crippen MR) is 83.8 cm³/mol. The highest BCUT2D eigenvalue weighted by Gasteiger charge is 2.10. The number of ether oxygens (including phenoxy) is 1. The van der Waals surface area contributed by atoms with Gasteiger partial charge in [0.25, 0.3) is 0 Å². The van der Waals surface area contributed by atoms with Gasteiger partial charge in [-0.15, -0.1) is 0 Å². The fourth-order valence-corrected chi connectivity index (χ4v) is 2.40. The van der Waals surface area contributed by atoms with E-state index in [1.165, 1.54) is 0 Å². The molecule has 3 nitrogen and oxygen atoms in total. The molecule has 0 atom stereocenters. The molecule has 0 aliphatic carbocycles. The Morgan fingerprint density at radius 3 is 2.65 bits per heavy atom. The third kappa shape index (κ3) is 2.88. The first-order chi connectivity index (χ1) is 9.54. The summed E-state index contributed by atoms with van der Waals surface area (Å²) in [6.45, 7) is 6.67. The summed E-state index contributed by atoms with van der Waals surface area (Å²) in [5.41, 5.74) is 5.17. The molecule has 0 bridgehead atoms. The van der Waals surface area contributed by atoms with Crippen molar-refractivity contribution in [1.29, 1.82) is 0 Å². The van der Waals surface area contributed by atoms with Crippen LogP contribution in [0.2, 0.25) is 5.02 Å². The minimum Gasteiger partial charge on any atom is -0.496 e. The van der Waals surface area contributed by atoms with Crippen LogP contribution in [0.4, 0.5) is 5.69 Å². The molecule has 0 saturated heterocycles. The molecule has 106 valence electrons. The monoisotopic (exact) mass is 290 g/mol. The Labute approximate surface area is 124 Å². The van der Waals surface area contributed by atoms with Gasteiger partial charge in [0.15, 0.2) is 0 Å².